The molecule has 0 saturated heterocycles. The Morgan fingerprint density at radius 3 is 2.75 bits per heavy atom. The largest absolute Gasteiger partial charge is 0.384 e. The van der Waals surface area contributed by atoms with Crippen molar-refractivity contribution in [1.82, 2.24) is 4.98 Å². The molecule has 1 N–H and O–H groups in total. The van der Waals surface area contributed by atoms with Crippen LogP contribution in [0.5, 0.6) is 0 Å². The molecule has 16 heavy (non-hydrogen) atoms. The Bertz CT molecular complexity index is 470. The molecule has 0 amide bonds. The van der Waals surface area contributed by atoms with E-state index in [-0.39, 0.29) is 5.92 Å². The molecule has 2 aliphatic rings. The molecule has 2 saturated carbocycles. The van der Waals surface area contributed by atoms with Gasteiger partial charge in [0, 0.05) is 11.2 Å². The van der Waals surface area contributed by atoms with Gasteiger partial charge in [-0.1, -0.05) is 11.6 Å². The van der Waals surface area contributed by atoms with Crippen LogP contribution in [0.15, 0.2) is 18.3 Å². The van der Waals surface area contributed by atoms with Crippen LogP contribution in [0.1, 0.15) is 18.5 Å². The number of nitrogens with zero attached hydrogens (tertiary/aromatic N) is 2. The van der Waals surface area contributed by atoms with Gasteiger partial charge in [-0.2, -0.15) is 5.26 Å². The number of hydrogen-bond acceptors (Lipinski definition) is 3. The maximum Gasteiger partial charge on any atom is 0.107 e. The number of rotatable bonds is 1. The molecule has 1 heterocycles. The standard InChI is InChI=1S/C12H11ClN2O/c13-7-1-2-15-11(3-7)12(16)4-8-9(5-12)10(8)6-14/h1-3,8-10,16H,4-5H2/t8-,9+,10?,12?. The lowest BCUT2D eigenvalue weighted by molar-refractivity contribution is 0.0240. The number of halogens is 1. The molecule has 0 spiro atoms. The summed E-state index contributed by atoms with van der Waals surface area (Å²) in [5, 5.41) is 19.9. The monoisotopic (exact) mass is 234 g/mol. The molecule has 82 valence electrons. The SMILES string of the molecule is N#CC1[C@H]2CC(O)(c3cc(Cl)ccn3)C[C@@H]12. The highest BCUT2D eigenvalue weighted by Crippen LogP contribution is 2.63. The van der Waals surface area contributed by atoms with Gasteiger partial charge in [0.15, 0.2) is 0 Å². The van der Waals surface area contributed by atoms with E-state index in [1.165, 1.54) is 0 Å². The third kappa shape index (κ3) is 1.34. The molecule has 0 aliphatic heterocycles. The summed E-state index contributed by atoms with van der Waals surface area (Å²) in [6, 6.07) is 5.70. The van der Waals surface area contributed by atoms with Crippen molar-refractivity contribution in [2.45, 2.75) is 18.4 Å². The van der Waals surface area contributed by atoms with Crippen molar-refractivity contribution in [3.8, 4) is 6.07 Å². The van der Waals surface area contributed by atoms with Crippen molar-refractivity contribution < 1.29 is 5.11 Å². The maximum absolute atomic E-state index is 10.5. The minimum Gasteiger partial charge on any atom is -0.384 e. The topological polar surface area (TPSA) is 56.9 Å². The Morgan fingerprint density at radius 1 is 1.50 bits per heavy atom. The van der Waals surface area contributed by atoms with E-state index in [0.29, 0.717) is 35.4 Å². The van der Waals surface area contributed by atoms with Crippen LogP contribution in [0, 0.1) is 29.1 Å². The lowest BCUT2D eigenvalue weighted by atomic mass is 9.91. The minimum absolute atomic E-state index is 0.152. The molecular weight excluding hydrogens is 224 g/mol. The number of hydrogen-bond donors (Lipinski definition) is 1. The van der Waals surface area contributed by atoms with Gasteiger partial charge in [-0.3, -0.25) is 4.98 Å². The Morgan fingerprint density at radius 2 is 2.19 bits per heavy atom. The molecule has 1 aromatic rings. The van der Waals surface area contributed by atoms with Crippen molar-refractivity contribution in [2.24, 2.45) is 17.8 Å². The molecular formula is C12H11ClN2O. The number of pyridine rings is 1. The second kappa shape index (κ2) is 3.19. The summed E-state index contributed by atoms with van der Waals surface area (Å²) >= 11 is 5.89. The quantitative estimate of drug-likeness (QED) is 0.810. The average Bonchev–Trinajstić information content (AvgIpc) is 2.76. The van der Waals surface area contributed by atoms with Crippen molar-refractivity contribution in [3.63, 3.8) is 0 Å². The highest BCUT2D eigenvalue weighted by Gasteiger charge is 2.62. The van der Waals surface area contributed by atoms with E-state index in [1.54, 1.807) is 18.3 Å². The zero-order chi connectivity index (χ0) is 11.3. The lowest BCUT2D eigenvalue weighted by Gasteiger charge is -2.24. The zero-order valence-electron chi connectivity index (χ0n) is 8.60. The summed E-state index contributed by atoms with van der Waals surface area (Å²) < 4.78 is 0. The minimum atomic E-state index is -0.867. The summed E-state index contributed by atoms with van der Waals surface area (Å²) in [5.41, 5.74) is -0.225. The Kier molecular flexibility index (Phi) is 2.01. The molecule has 2 unspecified atom stereocenters. The fourth-order valence-electron chi connectivity index (χ4n) is 2.92. The molecule has 0 bridgehead atoms. The predicted octanol–water partition coefficient (Wildman–Crippen LogP) is 2.10. The summed E-state index contributed by atoms with van der Waals surface area (Å²) in [4.78, 5) is 4.18. The maximum atomic E-state index is 10.5. The van der Waals surface area contributed by atoms with E-state index in [0.717, 1.165) is 0 Å². The van der Waals surface area contributed by atoms with E-state index in [1.807, 2.05) is 0 Å². The van der Waals surface area contributed by atoms with Crippen molar-refractivity contribution in [2.75, 3.05) is 0 Å². The van der Waals surface area contributed by atoms with Crippen LogP contribution in [-0.2, 0) is 5.60 Å². The van der Waals surface area contributed by atoms with Crippen LogP contribution < -0.4 is 0 Å². The van der Waals surface area contributed by atoms with E-state index < -0.39 is 5.60 Å². The fraction of sp³-hybridized carbons (Fsp3) is 0.500. The molecule has 2 fully saturated rings. The number of fused-ring (bicyclic) bond motifs is 1. The van der Waals surface area contributed by atoms with Gasteiger partial charge >= 0.3 is 0 Å². The van der Waals surface area contributed by atoms with Gasteiger partial charge in [0.25, 0.3) is 0 Å². The summed E-state index contributed by atoms with van der Waals surface area (Å²) in [6.07, 6.45) is 2.90. The first-order chi connectivity index (χ1) is 7.64. The van der Waals surface area contributed by atoms with Gasteiger partial charge in [-0.05, 0) is 36.8 Å². The van der Waals surface area contributed by atoms with Crippen LogP contribution in [-0.4, -0.2) is 10.1 Å². The number of aromatic nitrogens is 1. The molecule has 4 heteroatoms. The third-order valence-electron chi connectivity index (χ3n) is 3.83. The van der Waals surface area contributed by atoms with Crippen LogP contribution in [0.25, 0.3) is 0 Å². The third-order valence-corrected chi connectivity index (χ3v) is 4.06. The second-order valence-corrected chi connectivity index (χ2v) is 5.22. The van der Waals surface area contributed by atoms with Gasteiger partial charge in [-0.25, -0.2) is 0 Å². The Hall–Kier alpha value is -1.11. The zero-order valence-corrected chi connectivity index (χ0v) is 9.35. The first-order valence-electron chi connectivity index (χ1n) is 5.38. The summed E-state index contributed by atoms with van der Waals surface area (Å²) in [5.74, 6) is 0.867. The molecule has 3 rings (SSSR count). The lowest BCUT2D eigenvalue weighted by Crippen LogP contribution is -2.25. The predicted molar refractivity (Wildman–Crippen MR) is 58.5 cm³/mol. The van der Waals surface area contributed by atoms with E-state index in [4.69, 9.17) is 16.9 Å². The smallest absolute Gasteiger partial charge is 0.107 e. The van der Waals surface area contributed by atoms with E-state index in [9.17, 15) is 5.11 Å². The molecule has 3 nitrogen and oxygen atoms in total. The molecule has 2 aliphatic carbocycles. The molecule has 0 radical (unpaired) electrons. The van der Waals surface area contributed by atoms with Gasteiger partial charge < -0.3 is 5.11 Å². The second-order valence-electron chi connectivity index (χ2n) is 4.78. The van der Waals surface area contributed by atoms with Crippen LogP contribution in [0.3, 0.4) is 0 Å². The average molecular weight is 235 g/mol. The van der Waals surface area contributed by atoms with E-state index in [2.05, 4.69) is 11.1 Å². The summed E-state index contributed by atoms with van der Waals surface area (Å²) in [6.45, 7) is 0. The summed E-state index contributed by atoms with van der Waals surface area (Å²) in [7, 11) is 0. The van der Waals surface area contributed by atoms with Crippen LogP contribution >= 0.6 is 11.6 Å². The van der Waals surface area contributed by atoms with Gasteiger partial charge in [0.2, 0.25) is 0 Å². The van der Waals surface area contributed by atoms with Crippen molar-refractivity contribution >= 4 is 11.6 Å². The molecule has 0 aromatic carbocycles. The van der Waals surface area contributed by atoms with Gasteiger partial charge in [0.1, 0.15) is 5.60 Å². The van der Waals surface area contributed by atoms with Crippen molar-refractivity contribution in [3.05, 3.63) is 29.0 Å². The first-order valence-corrected chi connectivity index (χ1v) is 5.76. The van der Waals surface area contributed by atoms with Crippen LogP contribution in [0.4, 0.5) is 0 Å². The number of nitriles is 1. The molecule has 1 aromatic heterocycles. The van der Waals surface area contributed by atoms with E-state index >= 15 is 0 Å². The van der Waals surface area contributed by atoms with Crippen molar-refractivity contribution in [1.29, 1.82) is 5.26 Å². The Balaban J connectivity index is 1.85. The number of aliphatic hydroxyl groups is 1. The normalized spacial score (nSPS) is 40.2. The highest BCUT2D eigenvalue weighted by atomic mass is 35.5. The van der Waals surface area contributed by atoms with Gasteiger partial charge in [-0.15, -0.1) is 0 Å². The van der Waals surface area contributed by atoms with Gasteiger partial charge in [0.05, 0.1) is 17.7 Å². The fourth-order valence-corrected chi connectivity index (χ4v) is 3.08. The van der Waals surface area contributed by atoms with Crippen LogP contribution in [0.2, 0.25) is 5.02 Å². The highest BCUT2D eigenvalue weighted by molar-refractivity contribution is 6.30. The Labute approximate surface area is 98.7 Å². The molecule has 4 atom stereocenters. The first kappa shape index (κ1) is 10.1.